The Bertz CT molecular complexity index is 270. The Morgan fingerprint density at radius 2 is 2.14 bits per heavy atom. The number of rotatable bonds is 5. The van der Waals surface area contributed by atoms with Crippen LogP contribution in [-0.4, -0.2) is 10.1 Å². The smallest absolute Gasteiger partial charge is 0.226 e. The largest absolute Gasteiger partial charge is 0.339 e. The van der Waals surface area contributed by atoms with Gasteiger partial charge < -0.3 is 10.3 Å². The molecule has 0 saturated heterocycles. The van der Waals surface area contributed by atoms with Gasteiger partial charge in [0.1, 0.15) is 0 Å². The lowest BCUT2D eigenvalue weighted by atomic mass is 10.1. The molecule has 14 heavy (non-hydrogen) atoms. The van der Waals surface area contributed by atoms with Crippen LogP contribution >= 0.6 is 0 Å². The summed E-state index contributed by atoms with van der Waals surface area (Å²) in [7, 11) is 0. The Labute approximate surface area is 84.9 Å². The molecule has 0 bridgehead atoms. The van der Waals surface area contributed by atoms with Crippen LogP contribution in [0.4, 0.5) is 0 Å². The predicted octanol–water partition coefficient (Wildman–Crippen LogP) is 2.07. The van der Waals surface area contributed by atoms with Crippen molar-refractivity contribution in [2.75, 3.05) is 0 Å². The van der Waals surface area contributed by atoms with E-state index in [4.69, 9.17) is 10.3 Å². The zero-order valence-electron chi connectivity index (χ0n) is 9.16. The maximum atomic E-state index is 5.78. The van der Waals surface area contributed by atoms with Crippen LogP contribution in [0.3, 0.4) is 0 Å². The highest BCUT2D eigenvalue weighted by Gasteiger charge is 2.12. The van der Waals surface area contributed by atoms with Gasteiger partial charge in [-0.05, 0) is 18.8 Å². The van der Waals surface area contributed by atoms with Crippen LogP contribution in [0.1, 0.15) is 51.4 Å². The number of nitrogens with zero attached hydrogens (tertiary/aromatic N) is 2. The third-order valence-electron chi connectivity index (χ3n) is 2.19. The minimum atomic E-state index is -0.0912. The molecule has 1 heterocycles. The second kappa shape index (κ2) is 5.10. The van der Waals surface area contributed by atoms with Gasteiger partial charge >= 0.3 is 0 Å². The topological polar surface area (TPSA) is 64.9 Å². The fourth-order valence-corrected chi connectivity index (χ4v) is 1.11. The lowest BCUT2D eigenvalue weighted by Crippen LogP contribution is -2.10. The Morgan fingerprint density at radius 3 is 2.71 bits per heavy atom. The van der Waals surface area contributed by atoms with Crippen molar-refractivity contribution in [1.82, 2.24) is 10.1 Å². The Hall–Kier alpha value is -0.900. The predicted molar refractivity (Wildman–Crippen MR) is 54.7 cm³/mol. The fourth-order valence-electron chi connectivity index (χ4n) is 1.11. The summed E-state index contributed by atoms with van der Waals surface area (Å²) in [4.78, 5) is 4.25. The Kier molecular flexibility index (Phi) is 4.07. The van der Waals surface area contributed by atoms with Crippen molar-refractivity contribution >= 4 is 0 Å². The molecule has 0 radical (unpaired) electrons. The van der Waals surface area contributed by atoms with Gasteiger partial charge in [0.2, 0.25) is 5.89 Å². The molecule has 1 atom stereocenters. The molecular formula is C10H19N3O. The minimum Gasteiger partial charge on any atom is -0.339 e. The van der Waals surface area contributed by atoms with E-state index in [2.05, 4.69) is 24.0 Å². The van der Waals surface area contributed by atoms with Gasteiger partial charge in [0.05, 0.1) is 6.04 Å². The van der Waals surface area contributed by atoms with E-state index in [0.717, 1.165) is 19.3 Å². The van der Waals surface area contributed by atoms with E-state index in [0.29, 0.717) is 17.6 Å². The molecule has 0 fully saturated rings. The van der Waals surface area contributed by atoms with Gasteiger partial charge in [0, 0.05) is 6.42 Å². The molecule has 0 amide bonds. The molecule has 1 aromatic heterocycles. The third-order valence-corrected chi connectivity index (χ3v) is 2.19. The molecule has 0 saturated carbocycles. The first-order valence-electron chi connectivity index (χ1n) is 5.21. The summed E-state index contributed by atoms with van der Waals surface area (Å²) in [5.74, 6) is 1.99. The minimum absolute atomic E-state index is 0.0912. The quantitative estimate of drug-likeness (QED) is 0.784. The molecule has 1 unspecified atom stereocenters. The summed E-state index contributed by atoms with van der Waals surface area (Å²) in [6.07, 6.45) is 2.76. The molecule has 0 aliphatic rings. The molecule has 4 heteroatoms. The Balaban J connectivity index is 2.50. The second-order valence-corrected chi connectivity index (χ2v) is 3.99. The van der Waals surface area contributed by atoms with Crippen LogP contribution in [0.2, 0.25) is 0 Å². The number of hydrogen-bond acceptors (Lipinski definition) is 4. The van der Waals surface area contributed by atoms with Gasteiger partial charge in [-0.1, -0.05) is 25.9 Å². The normalized spacial score (nSPS) is 13.5. The lowest BCUT2D eigenvalue weighted by molar-refractivity contribution is 0.360. The molecule has 1 rings (SSSR count). The van der Waals surface area contributed by atoms with Crippen molar-refractivity contribution in [2.24, 2.45) is 11.7 Å². The van der Waals surface area contributed by atoms with E-state index in [9.17, 15) is 0 Å². The molecule has 0 aliphatic carbocycles. The summed E-state index contributed by atoms with van der Waals surface area (Å²) in [6.45, 7) is 6.36. The first-order valence-corrected chi connectivity index (χ1v) is 5.21. The molecule has 0 aliphatic heterocycles. The van der Waals surface area contributed by atoms with E-state index in [1.165, 1.54) is 0 Å². The number of aromatic nitrogens is 2. The van der Waals surface area contributed by atoms with Crippen molar-refractivity contribution in [3.63, 3.8) is 0 Å². The third kappa shape index (κ3) is 3.10. The molecule has 1 aromatic rings. The van der Waals surface area contributed by atoms with Crippen molar-refractivity contribution < 1.29 is 4.52 Å². The van der Waals surface area contributed by atoms with Crippen LogP contribution in [-0.2, 0) is 6.42 Å². The molecule has 0 spiro atoms. The highest BCUT2D eigenvalue weighted by atomic mass is 16.5. The maximum absolute atomic E-state index is 5.78. The van der Waals surface area contributed by atoms with Crippen LogP contribution in [0.15, 0.2) is 4.52 Å². The van der Waals surface area contributed by atoms with Gasteiger partial charge in [-0.25, -0.2) is 0 Å². The van der Waals surface area contributed by atoms with Gasteiger partial charge in [0.15, 0.2) is 5.82 Å². The lowest BCUT2D eigenvalue weighted by Gasteiger charge is -2.00. The molecule has 2 N–H and O–H groups in total. The SMILES string of the molecule is CCC(N)c1noc(CCC(C)C)n1. The first-order chi connectivity index (χ1) is 6.63. The summed E-state index contributed by atoms with van der Waals surface area (Å²) >= 11 is 0. The van der Waals surface area contributed by atoms with Gasteiger partial charge in [-0.15, -0.1) is 0 Å². The van der Waals surface area contributed by atoms with E-state index in [-0.39, 0.29) is 6.04 Å². The van der Waals surface area contributed by atoms with Crippen LogP contribution < -0.4 is 5.73 Å². The molecule has 4 nitrogen and oxygen atoms in total. The van der Waals surface area contributed by atoms with Crippen molar-refractivity contribution in [3.8, 4) is 0 Å². The van der Waals surface area contributed by atoms with E-state index >= 15 is 0 Å². The summed E-state index contributed by atoms with van der Waals surface area (Å²) < 4.78 is 5.10. The summed E-state index contributed by atoms with van der Waals surface area (Å²) in [5, 5.41) is 3.85. The second-order valence-electron chi connectivity index (χ2n) is 3.99. The van der Waals surface area contributed by atoms with Crippen molar-refractivity contribution in [2.45, 2.75) is 46.1 Å². The summed E-state index contributed by atoms with van der Waals surface area (Å²) in [6, 6.07) is -0.0912. The zero-order chi connectivity index (χ0) is 10.6. The molecule has 80 valence electrons. The van der Waals surface area contributed by atoms with Crippen LogP contribution in [0, 0.1) is 5.92 Å². The standard InChI is InChI=1S/C10H19N3O/c1-4-8(11)10-12-9(14-13-10)6-5-7(2)3/h7-8H,4-6,11H2,1-3H3. The number of nitrogens with two attached hydrogens (primary N) is 1. The highest BCUT2D eigenvalue weighted by molar-refractivity contribution is 4.92. The van der Waals surface area contributed by atoms with E-state index in [1.807, 2.05) is 6.92 Å². The van der Waals surface area contributed by atoms with E-state index < -0.39 is 0 Å². The average molecular weight is 197 g/mol. The fraction of sp³-hybridized carbons (Fsp3) is 0.800. The van der Waals surface area contributed by atoms with Gasteiger partial charge in [-0.2, -0.15) is 4.98 Å². The summed E-state index contributed by atoms with van der Waals surface area (Å²) in [5.41, 5.74) is 5.78. The van der Waals surface area contributed by atoms with E-state index in [1.54, 1.807) is 0 Å². The monoisotopic (exact) mass is 197 g/mol. The molecule has 0 aromatic carbocycles. The van der Waals surface area contributed by atoms with Crippen LogP contribution in [0.5, 0.6) is 0 Å². The molecular weight excluding hydrogens is 178 g/mol. The van der Waals surface area contributed by atoms with Gasteiger partial charge in [-0.3, -0.25) is 0 Å². The zero-order valence-corrected chi connectivity index (χ0v) is 9.16. The first kappa shape index (κ1) is 11.2. The number of hydrogen-bond donors (Lipinski definition) is 1. The van der Waals surface area contributed by atoms with Crippen LogP contribution in [0.25, 0.3) is 0 Å². The highest BCUT2D eigenvalue weighted by Crippen LogP contribution is 2.12. The maximum Gasteiger partial charge on any atom is 0.226 e. The van der Waals surface area contributed by atoms with Crippen molar-refractivity contribution in [1.29, 1.82) is 0 Å². The van der Waals surface area contributed by atoms with Crippen molar-refractivity contribution in [3.05, 3.63) is 11.7 Å². The Morgan fingerprint density at radius 1 is 1.43 bits per heavy atom. The average Bonchev–Trinajstić information content (AvgIpc) is 2.62. The number of aryl methyl sites for hydroxylation is 1. The van der Waals surface area contributed by atoms with Gasteiger partial charge in [0.25, 0.3) is 0 Å².